The molecule has 0 aromatic heterocycles. The molecule has 0 aromatic rings. The first-order chi connectivity index (χ1) is 10.1. The molecule has 21 heavy (non-hydrogen) atoms. The third-order valence-electron chi connectivity index (χ3n) is 5.51. The highest BCUT2D eigenvalue weighted by molar-refractivity contribution is 4.85. The highest BCUT2D eigenvalue weighted by Crippen LogP contribution is 2.43. The molecule has 0 spiro atoms. The average Bonchev–Trinajstić information content (AvgIpc) is 2.45. The zero-order chi connectivity index (χ0) is 15.6. The minimum atomic E-state index is 0.592. The van der Waals surface area contributed by atoms with Crippen LogP contribution in [0.15, 0.2) is 0 Å². The third kappa shape index (κ3) is 8.24. The van der Waals surface area contributed by atoms with E-state index in [1.54, 1.807) is 0 Å². The Kier molecular flexibility index (Phi) is 9.64. The largest absolute Gasteiger partial charge is 0.317 e. The van der Waals surface area contributed by atoms with Gasteiger partial charge in [0.2, 0.25) is 0 Å². The second kappa shape index (κ2) is 10.6. The molecular formula is C20H41N. The Hall–Kier alpha value is -0.0400. The van der Waals surface area contributed by atoms with Crippen LogP contribution in [0.5, 0.6) is 0 Å². The summed E-state index contributed by atoms with van der Waals surface area (Å²) in [5.74, 6) is 1.92. The maximum Gasteiger partial charge on any atom is -0.00180 e. The van der Waals surface area contributed by atoms with E-state index in [1.807, 2.05) is 0 Å². The van der Waals surface area contributed by atoms with Crippen molar-refractivity contribution in [2.45, 2.75) is 98.3 Å². The van der Waals surface area contributed by atoms with Crippen LogP contribution in [-0.4, -0.2) is 13.1 Å². The Morgan fingerprint density at radius 2 is 1.57 bits per heavy atom. The van der Waals surface area contributed by atoms with E-state index >= 15 is 0 Å². The molecule has 1 N–H and O–H groups in total. The standard InChI is InChI=1S/C20H41N/c1-5-7-8-9-10-11-12-13-18-16-20(3,4)15-14-19(18)17-21-6-2/h18-19,21H,5-17H2,1-4H3. The van der Waals surface area contributed by atoms with E-state index in [0.717, 1.165) is 18.4 Å². The van der Waals surface area contributed by atoms with E-state index in [2.05, 4.69) is 33.0 Å². The van der Waals surface area contributed by atoms with Crippen molar-refractivity contribution >= 4 is 0 Å². The summed E-state index contributed by atoms with van der Waals surface area (Å²) in [6.45, 7) is 11.9. The molecule has 1 nitrogen and oxygen atoms in total. The molecule has 1 aliphatic carbocycles. The van der Waals surface area contributed by atoms with Crippen molar-refractivity contribution < 1.29 is 0 Å². The predicted molar refractivity (Wildman–Crippen MR) is 95.8 cm³/mol. The van der Waals surface area contributed by atoms with E-state index in [1.165, 1.54) is 77.2 Å². The van der Waals surface area contributed by atoms with Crippen LogP contribution in [0, 0.1) is 17.3 Å². The van der Waals surface area contributed by atoms with Gasteiger partial charge >= 0.3 is 0 Å². The highest BCUT2D eigenvalue weighted by Gasteiger charge is 2.33. The van der Waals surface area contributed by atoms with Crippen molar-refractivity contribution in [3.8, 4) is 0 Å². The molecule has 1 aliphatic rings. The minimum absolute atomic E-state index is 0.592. The Morgan fingerprint density at radius 3 is 2.24 bits per heavy atom. The summed E-state index contributed by atoms with van der Waals surface area (Å²) in [5, 5.41) is 3.60. The molecule has 1 rings (SSSR count). The molecule has 0 amide bonds. The smallest absolute Gasteiger partial charge is 0.00180 e. The molecule has 0 saturated heterocycles. The summed E-state index contributed by atoms with van der Waals surface area (Å²) in [5.41, 5.74) is 0.592. The number of rotatable bonds is 11. The SMILES string of the molecule is CCCCCCCCCC1CC(C)(C)CCC1CNCC. The maximum atomic E-state index is 3.60. The van der Waals surface area contributed by atoms with Crippen LogP contribution in [0.1, 0.15) is 98.3 Å². The van der Waals surface area contributed by atoms with Gasteiger partial charge < -0.3 is 5.32 Å². The van der Waals surface area contributed by atoms with Crippen molar-refractivity contribution in [2.75, 3.05) is 13.1 Å². The molecule has 126 valence electrons. The van der Waals surface area contributed by atoms with Crippen LogP contribution in [0.2, 0.25) is 0 Å². The maximum absolute atomic E-state index is 3.60. The minimum Gasteiger partial charge on any atom is -0.317 e. The van der Waals surface area contributed by atoms with Crippen molar-refractivity contribution in [3.63, 3.8) is 0 Å². The summed E-state index contributed by atoms with van der Waals surface area (Å²) in [6, 6.07) is 0. The van der Waals surface area contributed by atoms with Gasteiger partial charge in [0.15, 0.2) is 0 Å². The van der Waals surface area contributed by atoms with Crippen molar-refractivity contribution in [1.29, 1.82) is 0 Å². The number of nitrogens with one attached hydrogen (secondary N) is 1. The molecule has 0 heterocycles. The summed E-state index contributed by atoms with van der Waals surface area (Å²) >= 11 is 0. The van der Waals surface area contributed by atoms with Gasteiger partial charge in [-0.1, -0.05) is 79.1 Å². The molecule has 1 fully saturated rings. The van der Waals surface area contributed by atoms with Gasteiger partial charge in [0.25, 0.3) is 0 Å². The van der Waals surface area contributed by atoms with E-state index in [9.17, 15) is 0 Å². The Labute approximate surface area is 134 Å². The molecule has 0 radical (unpaired) electrons. The fourth-order valence-corrected chi connectivity index (χ4v) is 4.09. The van der Waals surface area contributed by atoms with Crippen molar-refractivity contribution in [2.24, 2.45) is 17.3 Å². The zero-order valence-corrected chi connectivity index (χ0v) is 15.3. The first-order valence-corrected chi connectivity index (χ1v) is 9.79. The first kappa shape index (κ1) is 19.0. The summed E-state index contributed by atoms with van der Waals surface area (Å²) in [7, 11) is 0. The van der Waals surface area contributed by atoms with Gasteiger partial charge in [-0.2, -0.15) is 0 Å². The lowest BCUT2D eigenvalue weighted by atomic mass is 9.66. The molecule has 1 saturated carbocycles. The quantitative estimate of drug-likeness (QED) is 0.449. The third-order valence-corrected chi connectivity index (χ3v) is 5.51. The van der Waals surface area contributed by atoms with Gasteiger partial charge in [0.1, 0.15) is 0 Å². The molecule has 2 atom stereocenters. The normalized spacial score (nSPS) is 25.1. The number of hydrogen-bond donors (Lipinski definition) is 1. The lowest BCUT2D eigenvalue weighted by Crippen LogP contribution is -2.36. The van der Waals surface area contributed by atoms with Crippen LogP contribution in [-0.2, 0) is 0 Å². The number of hydrogen-bond acceptors (Lipinski definition) is 1. The van der Waals surface area contributed by atoms with Gasteiger partial charge in [-0.05, 0) is 49.6 Å². The predicted octanol–water partition coefficient (Wildman–Crippen LogP) is 6.18. The Morgan fingerprint density at radius 1 is 0.905 bits per heavy atom. The summed E-state index contributed by atoms with van der Waals surface area (Å²) in [4.78, 5) is 0. The van der Waals surface area contributed by atoms with Crippen LogP contribution in [0.25, 0.3) is 0 Å². The fourth-order valence-electron chi connectivity index (χ4n) is 4.09. The van der Waals surface area contributed by atoms with Gasteiger partial charge in [-0.15, -0.1) is 0 Å². The second-order valence-corrected chi connectivity index (χ2v) is 8.14. The topological polar surface area (TPSA) is 12.0 Å². The van der Waals surface area contributed by atoms with E-state index in [-0.39, 0.29) is 0 Å². The average molecular weight is 296 g/mol. The molecule has 0 aromatic carbocycles. The van der Waals surface area contributed by atoms with Crippen molar-refractivity contribution in [3.05, 3.63) is 0 Å². The molecule has 0 bridgehead atoms. The first-order valence-electron chi connectivity index (χ1n) is 9.79. The van der Waals surface area contributed by atoms with Gasteiger partial charge in [-0.3, -0.25) is 0 Å². The number of unbranched alkanes of at least 4 members (excludes halogenated alkanes) is 6. The second-order valence-electron chi connectivity index (χ2n) is 8.14. The fraction of sp³-hybridized carbons (Fsp3) is 1.00. The highest BCUT2D eigenvalue weighted by atomic mass is 14.8. The van der Waals surface area contributed by atoms with Crippen LogP contribution in [0.4, 0.5) is 0 Å². The van der Waals surface area contributed by atoms with E-state index in [4.69, 9.17) is 0 Å². The molecule has 1 heteroatoms. The van der Waals surface area contributed by atoms with Crippen LogP contribution < -0.4 is 5.32 Å². The lowest BCUT2D eigenvalue weighted by molar-refractivity contribution is 0.108. The van der Waals surface area contributed by atoms with E-state index in [0.29, 0.717) is 5.41 Å². The Bertz CT molecular complexity index is 246. The van der Waals surface area contributed by atoms with Gasteiger partial charge in [0.05, 0.1) is 0 Å². The molecule has 0 aliphatic heterocycles. The Balaban J connectivity index is 2.23. The van der Waals surface area contributed by atoms with Crippen LogP contribution in [0.3, 0.4) is 0 Å². The van der Waals surface area contributed by atoms with Gasteiger partial charge in [-0.25, -0.2) is 0 Å². The van der Waals surface area contributed by atoms with E-state index < -0.39 is 0 Å². The van der Waals surface area contributed by atoms with Gasteiger partial charge in [0, 0.05) is 0 Å². The van der Waals surface area contributed by atoms with Crippen molar-refractivity contribution in [1.82, 2.24) is 5.32 Å². The summed E-state index contributed by atoms with van der Waals surface area (Å²) < 4.78 is 0. The molecule has 2 unspecified atom stereocenters. The lowest BCUT2D eigenvalue weighted by Gasteiger charge is -2.41. The monoisotopic (exact) mass is 295 g/mol. The zero-order valence-electron chi connectivity index (χ0n) is 15.3. The van der Waals surface area contributed by atoms with Crippen LogP contribution >= 0.6 is 0 Å². The molecular weight excluding hydrogens is 254 g/mol. The summed E-state index contributed by atoms with van der Waals surface area (Å²) in [6.07, 6.45) is 15.9.